The molecule has 27 heavy (non-hydrogen) atoms. The summed E-state index contributed by atoms with van der Waals surface area (Å²) in [5.74, 6) is 0.0820. The lowest BCUT2D eigenvalue weighted by Gasteiger charge is -2.16. The van der Waals surface area contributed by atoms with E-state index in [4.69, 9.17) is 11.6 Å². The van der Waals surface area contributed by atoms with Gasteiger partial charge in [-0.05, 0) is 67.7 Å². The van der Waals surface area contributed by atoms with E-state index in [2.05, 4.69) is 34.5 Å². The van der Waals surface area contributed by atoms with Crippen LogP contribution in [-0.4, -0.2) is 29.1 Å². The van der Waals surface area contributed by atoms with Crippen molar-refractivity contribution >= 4 is 29.3 Å². The van der Waals surface area contributed by atoms with E-state index in [1.807, 2.05) is 31.2 Å². The number of carbonyl (C=O) groups is 1. The predicted octanol–water partition coefficient (Wildman–Crippen LogP) is 5.12. The van der Waals surface area contributed by atoms with Crippen LogP contribution in [0, 0.1) is 0 Å². The molecule has 1 amide bonds. The van der Waals surface area contributed by atoms with Crippen LogP contribution in [0.2, 0.25) is 5.02 Å². The van der Waals surface area contributed by atoms with Gasteiger partial charge in [0.1, 0.15) is 0 Å². The van der Waals surface area contributed by atoms with Crippen molar-refractivity contribution in [2.75, 3.05) is 13.1 Å². The second-order valence-electron chi connectivity index (χ2n) is 6.99. The highest BCUT2D eigenvalue weighted by Crippen LogP contribution is 2.26. The van der Waals surface area contributed by atoms with E-state index in [0.717, 1.165) is 23.4 Å². The first-order valence-corrected chi connectivity index (χ1v) is 10.9. The Morgan fingerprint density at radius 2 is 1.70 bits per heavy atom. The molecule has 0 saturated carbocycles. The topological polar surface area (TPSA) is 32.3 Å². The molecular weight excluding hydrogens is 376 g/mol. The number of carbonyl (C=O) groups excluding carboxylic acids is 1. The monoisotopic (exact) mass is 402 g/mol. The summed E-state index contributed by atoms with van der Waals surface area (Å²) in [6.45, 7) is 6.06. The third kappa shape index (κ3) is 6.27. The Balaban J connectivity index is 1.48. The van der Waals surface area contributed by atoms with E-state index in [1.54, 1.807) is 11.8 Å². The maximum Gasteiger partial charge on any atom is 0.233 e. The maximum atomic E-state index is 12.6. The van der Waals surface area contributed by atoms with Crippen molar-refractivity contribution in [3.63, 3.8) is 0 Å². The van der Waals surface area contributed by atoms with Gasteiger partial charge in [-0.3, -0.25) is 9.69 Å². The number of rotatable bonds is 8. The van der Waals surface area contributed by atoms with Crippen LogP contribution in [0.5, 0.6) is 0 Å². The van der Waals surface area contributed by atoms with Crippen LogP contribution in [0.4, 0.5) is 0 Å². The average Bonchev–Trinajstić information content (AvgIpc) is 3.20. The first-order chi connectivity index (χ1) is 13.1. The Morgan fingerprint density at radius 1 is 1.07 bits per heavy atom. The second kappa shape index (κ2) is 10.2. The van der Waals surface area contributed by atoms with Gasteiger partial charge in [0.2, 0.25) is 5.91 Å². The van der Waals surface area contributed by atoms with Crippen molar-refractivity contribution in [3.05, 3.63) is 64.7 Å². The minimum atomic E-state index is -0.0967. The molecule has 3 nitrogen and oxygen atoms in total. The van der Waals surface area contributed by atoms with Crippen molar-refractivity contribution in [2.45, 2.75) is 49.4 Å². The van der Waals surface area contributed by atoms with E-state index in [0.29, 0.717) is 11.6 Å². The van der Waals surface area contributed by atoms with E-state index < -0.39 is 0 Å². The molecule has 1 atom stereocenters. The molecule has 1 aliphatic heterocycles. The van der Waals surface area contributed by atoms with Crippen molar-refractivity contribution in [1.82, 2.24) is 10.2 Å². The van der Waals surface area contributed by atoms with Crippen molar-refractivity contribution in [1.29, 1.82) is 0 Å². The maximum absolute atomic E-state index is 12.6. The number of hydrogen-bond acceptors (Lipinski definition) is 3. The highest BCUT2D eigenvalue weighted by Gasteiger charge is 2.17. The molecular formula is C22H27ClN2OS. The van der Waals surface area contributed by atoms with Crippen LogP contribution < -0.4 is 5.32 Å². The smallest absolute Gasteiger partial charge is 0.233 e. The van der Waals surface area contributed by atoms with Gasteiger partial charge in [0.15, 0.2) is 0 Å². The molecule has 1 heterocycles. The van der Waals surface area contributed by atoms with Crippen molar-refractivity contribution in [3.8, 4) is 0 Å². The van der Waals surface area contributed by atoms with Gasteiger partial charge in [0.25, 0.3) is 0 Å². The predicted molar refractivity (Wildman–Crippen MR) is 114 cm³/mol. The zero-order valence-corrected chi connectivity index (χ0v) is 17.4. The molecule has 144 valence electrons. The molecule has 5 heteroatoms. The van der Waals surface area contributed by atoms with Crippen LogP contribution in [0.3, 0.4) is 0 Å². The summed E-state index contributed by atoms with van der Waals surface area (Å²) in [6, 6.07) is 16.2. The van der Waals surface area contributed by atoms with Gasteiger partial charge >= 0.3 is 0 Å². The summed E-state index contributed by atoms with van der Waals surface area (Å²) in [6.07, 6.45) is 3.42. The summed E-state index contributed by atoms with van der Waals surface area (Å²) >= 11 is 7.51. The molecule has 2 aromatic rings. The van der Waals surface area contributed by atoms with Gasteiger partial charge in [0, 0.05) is 23.0 Å². The van der Waals surface area contributed by atoms with Crippen LogP contribution >= 0.6 is 23.4 Å². The lowest BCUT2D eigenvalue weighted by molar-refractivity contribution is -0.120. The van der Waals surface area contributed by atoms with Crippen molar-refractivity contribution in [2.24, 2.45) is 0 Å². The fraction of sp³-hybridized carbons (Fsp3) is 0.409. The minimum Gasteiger partial charge on any atom is -0.351 e. The number of amides is 1. The molecule has 0 aromatic heterocycles. The zero-order valence-electron chi connectivity index (χ0n) is 15.8. The van der Waals surface area contributed by atoms with E-state index >= 15 is 0 Å². The van der Waals surface area contributed by atoms with E-state index in [-0.39, 0.29) is 11.2 Å². The molecule has 2 aromatic carbocycles. The number of likely N-dealkylation sites (tertiary alicyclic amines) is 1. The third-order valence-electron chi connectivity index (χ3n) is 4.85. The highest BCUT2D eigenvalue weighted by molar-refractivity contribution is 8.00. The Kier molecular flexibility index (Phi) is 7.62. The summed E-state index contributed by atoms with van der Waals surface area (Å²) < 4.78 is 0. The van der Waals surface area contributed by atoms with Gasteiger partial charge in [-0.15, -0.1) is 11.8 Å². The Bertz CT molecular complexity index is 727. The molecule has 0 radical (unpaired) electrons. The van der Waals surface area contributed by atoms with Crippen LogP contribution in [0.25, 0.3) is 0 Å². The minimum absolute atomic E-state index is 0.0820. The Hall–Kier alpha value is -1.49. The first kappa shape index (κ1) is 20.2. The van der Waals surface area contributed by atoms with Gasteiger partial charge in [-0.2, -0.15) is 0 Å². The molecule has 3 rings (SSSR count). The molecule has 0 aliphatic carbocycles. The number of benzene rings is 2. The third-order valence-corrected chi connectivity index (χ3v) is 6.48. The standard InChI is InChI=1S/C22H27ClN2OS/c1-2-21(27-20-11-9-19(23)10-12-20)22(26)24-15-17-5-7-18(8-6-17)16-25-13-3-4-14-25/h5-12,21H,2-4,13-16H2,1H3,(H,24,26)/t21-/m1/s1. The number of nitrogens with one attached hydrogen (secondary N) is 1. The van der Waals surface area contributed by atoms with Gasteiger partial charge < -0.3 is 5.32 Å². The molecule has 1 saturated heterocycles. The SMILES string of the molecule is CC[C@@H](Sc1ccc(Cl)cc1)C(=O)NCc1ccc(CN2CCCC2)cc1. The fourth-order valence-electron chi connectivity index (χ4n) is 3.26. The number of thioether (sulfide) groups is 1. The lowest BCUT2D eigenvalue weighted by atomic mass is 10.1. The summed E-state index contributed by atoms with van der Waals surface area (Å²) in [4.78, 5) is 16.1. The number of halogens is 1. The quantitative estimate of drug-likeness (QED) is 0.621. The second-order valence-corrected chi connectivity index (χ2v) is 8.70. The molecule has 1 N–H and O–H groups in total. The van der Waals surface area contributed by atoms with Crippen LogP contribution in [0.1, 0.15) is 37.3 Å². The van der Waals surface area contributed by atoms with Gasteiger partial charge in [-0.1, -0.05) is 42.8 Å². The molecule has 1 fully saturated rings. The first-order valence-electron chi connectivity index (χ1n) is 9.64. The summed E-state index contributed by atoms with van der Waals surface area (Å²) in [7, 11) is 0. The summed E-state index contributed by atoms with van der Waals surface area (Å²) in [5.41, 5.74) is 2.48. The van der Waals surface area contributed by atoms with E-state index in [1.165, 1.54) is 31.5 Å². The van der Waals surface area contributed by atoms with Crippen LogP contribution in [0.15, 0.2) is 53.4 Å². The highest BCUT2D eigenvalue weighted by atomic mass is 35.5. The number of hydrogen-bond donors (Lipinski definition) is 1. The number of nitrogens with zero attached hydrogens (tertiary/aromatic N) is 1. The average molecular weight is 403 g/mol. The van der Waals surface area contributed by atoms with Gasteiger partial charge in [0.05, 0.1) is 5.25 Å². The van der Waals surface area contributed by atoms with Crippen LogP contribution in [-0.2, 0) is 17.9 Å². The van der Waals surface area contributed by atoms with E-state index in [9.17, 15) is 4.79 Å². The zero-order chi connectivity index (χ0) is 19.1. The molecule has 1 aliphatic rings. The molecule has 0 spiro atoms. The summed E-state index contributed by atoms with van der Waals surface area (Å²) in [5, 5.41) is 3.69. The Morgan fingerprint density at radius 3 is 2.33 bits per heavy atom. The fourth-order valence-corrected chi connectivity index (χ4v) is 4.37. The lowest BCUT2D eigenvalue weighted by Crippen LogP contribution is -2.31. The molecule has 0 unspecified atom stereocenters. The molecule has 0 bridgehead atoms. The Labute approximate surface area is 171 Å². The van der Waals surface area contributed by atoms with Gasteiger partial charge in [-0.25, -0.2) is 0 Å². The van der Waals surface area contributed by atoms with Crippen molar-refractivity contribution < 1.29 is 4.79 Å². The normalized spacial score (nSPS) is 15.6. The largest absolute Gasteiger partial charge is 0.351 e.